The SMILES string of the molecule is Cc1cc(/N=N/c2ccc(N=Nc3ccccc3)cc2)ccc1O. The van der Waals surface area contributed by atoms with Gasteiger partial charge in [0, 0.05) is 0 Å². The predicted molar refractivity (Wildman–Crippen MR) is 94.1 cm³/mol. The molecule has 3 aromatic carbocycles. The molecule has 0 spiro atoms. The highest BCUT2D eigenvalue weighted by atomic mass is 16.3. The van der Waals surface area contributed by atoms with E-state index < -0.39 is 0 Å². The smallest absolute Gasteiger partial charge is 0.118 e. The van der Waals surface area contributed by atoms with Gasteiger partial charge in [0.25, 0.3) is 0 Å². The van der Waals surface area contributed by atoms with Crippen molar-refractivity contribution in [3.8, 4) is 5.75 Å². The molecule has 0 atom stereocenters. The van der Waals surface area contributed by atoms with Gasteiger partial charge in [-0.15, -0.1) is 0 Å². The number of aryl methyl sites for hydroxylation is 1. The second-order valence-corrected chi connectivity index (χ2v) is 5.22. The van der Waals surface area contributed by atoms with Crippen molar-refractivity contribution >= 4 is 22.7 Å². The van der Waals surface area contributed by atoms with Crippen LogP contribution in [-0.4, -0.2) is 5.11 Å². The lowest BCUT2D eigenvalue weighted by atomic mass is 10.2. The zero-order valence-electron chi connectivity index (χ0n) is 13.2. The van der Waals surface area contributed by atoms with Crippen LogP contribution in [0.1, 0.15) is 5.56 Å². The molecule has 24 heavy (non-hydrogen) atoms. The van der Waals surface area contributed by atoms with E-state index in [0.29, 0.717) is 5.69 Å². The summed E-state index contributed by atoms with van der Waals surface area (Å²) in [5.74, 6) is 0.252. The van der Waals surface area contributed by atoms with Crippen LogP contribution in [0.3, 0.4) is 0 Å². The van der Waals surface area contributed by atoms with Gasteiger partial charge in [0.1, 0.15) is 5.75 Å². The summed E-state index contributed by atoms with van der Waals surface area (Å²) in [6, 6.07) is 22.0. The fourth-order valence-electron chi connectivity index (χ4n) is 2.01. The Kier molecular flexibility index (Phi) is 4.72. The highest BCUT2D eigenvalue weighted by Gasteiger charge is 1.97. The van der Waals surface area contributed by atoms with Crippen LogP contribution in [0, 0.1) is 6.92 Å². The minimum atomic E-state index is 0.252. The normalized spacial score (nSPS) is 11.4. The molecule has 0 fully saturated rings. The predicted octanol–water partition coefficient (Wildman–Crippen LogP) is 6.53. The first-order chi connectivity index (χ1) is 11.7. The van der Waals surface area contributed by atoms with Gasteiger partial charge >= 0.3 is 0 Å². The Morgan fingerprint density at radius 1 is 0.583 bits per heavy atom. The Morgan fingerprint density at radius 2 is 1.04 bits per heavy atom. The number of hydrogen-bond donors (Lipinski definition) is 1. The number of phenolic OH excluding ortho intramolecular Hbond substituents is 1. The number of phenols is 1. The van der Waals surface area contributed by atoms with Gasteiger partial charge in [0.2, 0.25) is 0 Å². The fourth-order valence-corrected chi connectivity index (χ4v) is 2.01. The zero-order chi connectivity index (χ0) is 16.8. The Balaban J connectivity index is 1.69. The van der Waals surface area contributed by atoms with Crippen LogP contribution in [0.4, 0.5) is 22.7 Å². The van der Waals surface area contributed by atoms with Crippen molar-refractivity contribution < 1.29 is 5.11 Å². The summed E-state index contributed by atoms with van der Waals surface area (Å²) in [5.41, 5.74) is 3.74. The van der Waals surface area contributed by atoms with Crippen molar-refractivity contribution in [2.75, 3.05) is 0 Å². The maximum Gasteiger partial charge on any atom is 0.118 e. The van der Waals surface area contributed by atoms with Gasteiger partial charge in [-0.1, -0.05) is 18.2 Å². The van der Waals surface area contributed by atoms with Gasteiger partial charge in [-0.3, -0.25) is 0 Å². The van der Waals surface area contributed by atoms with Gasteiger partial charge < -0.3 is 5.11 Å². The molecule has 0 aliphatic heterocycles. The summed E-state index contributed by atoms with van der Waals surface area (Å²) >= 11 is 0. The molecule has 3 rings (SSSR count). The number of nitrogens with zero attached hydrogens (tertiary/aromatic N) is 4. The summed E-state index contributed by atoms with van der Waals surface area (Å²) in [7, 11) is 0. The van der Waals surface area contributed by atoms with Crippen molar-refractivity contribution in [1.82, 2.24) is 0 Å². The number of aromatic hydroxyl groups is 1. The third-order valence-corrected chi connectivity index (χ3v) is 3.35. The van der Waals surface area contributed by atoms with E-state index >= 15 is 0 Å². The van der Waals surface area contributed by atoms with Crippen molar-refractivity contribution in [1.29, 1.82) is 0 Å². The molecule has 0 aliphatic carbocycles. The van der Waals surface area contributed by atoms with Gasteiger partial charge in [-0.05, 0) is 67.1 Å². The third-order valence-electron chi connectivity index (χ3n) is 3.35. The summed E-state index contributed by atoms with van der Waals surface area (Å²) in [6.45, 7) is 1.82. The molecule has 0 saturated carbocycles. The standard InChI is InChI=1S/C19H16N4O/c1-14-13-18(11-12-19(14)24)23-22-17-9-7-16(8-10-17)21-20-15-5-3-2-4-6-15/h2-13,24H,1H3/b21-20?,23-22+. The van der Waals surface area contributed by atoms with E-state index in [0.717, 1.165) is 22.6 Å². The van der Waals surface area contributed by atoms with Crippen molar-refractivity contribution in [3.63, 3.8) is 0 Å². The first kappa shape index (κ1) is 15.6. The largest absolute Gasteiger partial charge is 0.508 e. The molecule has 1 N–H and O–H groups in total. The van der Waals surface area contributed by atoms with Gasteiger partial charge in [-0.25, -0.2) is 0 Å². The lowest BCUT2D eigenvalue weighted by Crippen LogP contribution is -1.72. The number of azo groups is 2. The average molecular weight is 316 g/mol. The van der Waals surface area contributed by atoms with Crippen molar-refractivity contribution in [2.24, 2.45) is 20.5 Å². The topological polar surface area (TPSA) is 69.7 Å². The molecular weight excluding hydrogens is 300 g/mol. The average Bonchev–Trinajstić information content (AvgIpc) is 2.63. The molecule has 3 aromatic rings. The van der Waals surface area contributed by atoms with Crippen LogP contribution >= 0.6 is 0 Å². The van der Waals surface area contributed by atoms with Crippen LogP contribution < -0.4 is 0 Å². The molecule has 0 radical (unpaired) electrons. The molecule has 0 aliphatic rings. The second kappa shape index (κ2) is 7.28. The van der Waals surface area contributed by atoms with Crippen LogP contribution in [0.25, 0.3) is 0 Å². The van der Waals surface area contributed by atoms with Gasteiger partial charge in [0.15, 0.2) is 0 Å². The highest BCUT2D eigenvalue weighted by molar-refractivity contribution is 5.49. The summed E-state index contributed by atoms with van der Waals surface area (Å²) < 4.78 is 0. The highest BCUT2D eigenvalue weighted by Crippen LogP contribution is 2.25. The van der Waals surface area contributed by atoms with E-state index in [1.54, 1.807) is 18.2 Å². The van der Waals surface area contributed by atoms with Gasteiger partial charge in [0.05, 0.1) is 22.7 Å². The summed E-state index contributed by atoms with van der Waals surface area (Å²) in [5, 5.41) is 26.2. The van der Waals surface area contributed by atoms with E-state index in [-0.39, 0.29) is 5.75 Å². The summed E-state index contributed by atoms with van der Waals surface area (Å²) in [4.78, 5) is 0. The van der Waals surface area contributed by atoms with E-state index in [1.807, 2.05) is 61.5 Å². The van der Waals surface area contributed by atoms with E-state index in [4.69, 9.17) is 0 Å². The Labute approximate surface area is 140 Å². The molecule has 5 heteroatoms. The Bertz CT molecular complexity index is 872. The Hall–Kier alpha value is -3.34. The molecule has 118 valence electrons. The second-order valence-electron chi connectivity index (χ2n) is 5.22. The molecule has 0 heterocycles. The molecule has 0 aromatic heterocycles. The fraction of sp³-hybridized carbons (Fsp3) is 0.0526. The minimum Gasteiger partial charge on any atom is -0.508 e. The van der Waals surface area contributed by atoms with Crippen molar-refractivity contribution in [3.05, 3.63) is 78.4 Å². The van der Waals surface area contributed by atoms with Crippen LogP contribution in [0.5, 0.6) is 5.75 Å². The third kappa shape index (κ3) is 4.10. The lowest BCUT2D eigenvalue weighted by molar-refractivity contribution is 0.471. The molecule has 0 bridgehead atoms. The maximum atomic E-state index is 9.50. The first-order valence-corrected chi connectivity index (χ1v) is 7.49. The maximum absolute atomic E-state index is 9.50. The van der Waals surface area contributed by atoms with Gasteiger partial charge in [-0.2, -0.15) is 20.5 Å². The quantitative estimate of drug-likeness (QED) is 0.546. The monoisotopic (exact) mass is 316 g/mol. The van der Waals surface area contributed by atoms with E-state index in [9.17, 15) is 5.11 Å². The van der Waals surface area contributed by atoms with Crippen LogP contribution in [0.15, 0.2) is 93.3 Å². The first-order valence-electron chi connectivity index (χ1n) is 7.49. The Morgan fingerprint density at radius 3 is 1.58 bits per heavy atom. The van der Waals surface area contributed by atoms with E-state index in [1.165, 1.54) is 0 Å². The molecule has 5 nitrogen and oxygen atoms in total. The van der Waals surface area contributed by atoms with Crippen LogP contribution in [0.2, 0.25) is 0 Å². The number of hydrogen-bond acceptors (Lipinski definition) is 5. The zero-order valence-corrected chi connectivity index (χ0v) is 13.2. The minimum absolute atomic E-state index is 0.252. The molecule has 0 unspecified atom stereocenters. The van der Waals surface area contributed by atoms with E-state index in [2.05, 4.69) is 20.5 Å². The van der Waals surface area contributed by atoms with Crippen LogP contribution in [-0.2, 0) is 0 Å². The lowest BCUT2D eigenvalue weighted by Gasteiger charge is -1.99. The molecule has 0 saturated heterocycles. The number of rotatable bonds is 4. The molecule has 0 amide bonds. The molecular formula is C19H16N4O. The number of benzene rings is 3. The summed E-state index contributed by atoms with van der Waals surface area (Å²) in [6.07, 6.45) is 0. The van der Waals surface area contributed by atoms with Crippen molar-refractivity contribution in [2.45, 2.75) is 6.92 Å².